The Labute approximate surface area is 101 Å². The van der Waals surface area contributed by atoms with E-state index in [-0.39, 0.29) is 6.79 Å². The molecule has 1 aliphatic heterocycles. The van der Waals surface area contributed by atoms with Crippen LogP contribution in [0.2, 0.25) is 0 Å². The number of allylic oxidation sites excluding steroid dienone is 1. The Balaban J connectivity index is 2.21. The Kier molecular flexibility index (Phi) is 3.88. The lowest BCUT2D eigenvalue weighted by Gasteiger charge is -2.11. The van der Waals surface area contributed by atoms with E-state index in [4.69, 9.17) is 14.2 Å². The predicted molar refractivity (Wildman–Crippen MR) is 65.6 cm³/mol. The third-order valence-corrected chi connectivity index (χ3v) is 2.49. The smallest absolute Gasteiger partial charge is 0.231 e. The van der Waals surface area contributed by atoms with Crippen LogP contribution in [0.25, 0.3) is 0 Å². The molecule has 2 rings (SSSR count). The van der Waals surface area contributed by atoms with Gasteiger partial charge in [-0.05, 0) is 20.0 Å². The van der Waals surface area contributed by atoms with E-state index in [1.54, 1.807) is 0 Å². The highest BCUT2D eigenvalue weighted by Crippen LogP contribution is 2.38. The first kappa shape index (κ1) is 11.8. The molecule has 0 spiro atoms. The Hall–Kier alpha value is -1.68. The lowest BCUT2D eigenvalue weighted by atomic mass is 10.1. The summed E-state index contributed by atoms with van der Waals surface area (Å²) in [4.78, 5) is 0. The van der Waals surface area contributed by atoms with Crippen LogP contribution in [0, 0.1) is 0 Å². The summed E-state index contributed by atoms with van der Waals surface area (Å²) in [6.45, 7) is 3.55. The number of hydrogen-bond donors (Lipinski definition) is 1. The molecular formula is C13H17NO3. The van der Waals surface area contributed by atoms with E-state index in [1.165, 1.54) is 0 Å². The fourth-order valence-electron chi connectivity index (χ4n) is 1.66. The van der Waals surface area contributed by atoms with Gasteiger partial charge in [-0.15, -0.1) is 0 Å². The number of nitrogens with one attached hydrogen (secondary N) is 1. The van der Waals surface area contributed by atoms with Crippen LogP contribution in [0.5, 0.6) is 17.2 Å². The second-order valence-corrected chi connectivity index (χ2v) is 3.72. The highest BCUT2D eigenvalue weighted by atomic mass is 16.7. The Morgan fingerprint density at radius 1 is 1.35 bits per heavy atom. The van der Waals surface area contributed by atoms with Gasteiger partial charge in [0.05, 0.1) is 0 Å². The fraction of sp³-hybridized carbons (Fsp3) is 0.385. The maximum atomic E-state index is 5.69. The van der Waals surface area contributed by atoms with Gasteiger partial charge in [0, 0.05) is 18.2 Å². The molecule has 1 aromatic rings. The first-order valence-electron chi connectivity index (χ1n) is 5.66. The summed E-state index contributed by atoms with van der Waals surface area (Å²) in [5.74, 6) is 2.37. The topological polar surface area (TPSA) is 39.7 Å². The minimum Gasteiger partial charge on any atom is -0.489 e. The maximum absolute atomic E-state index is 5.69. The van der Waals surface area contributed by atoms with Crippen molar-refractivity contribution >= 4 is 0 Å². The van der Waals surface area contributed by atoms with Crippen LogP contribution in [-0.2, 0) is 6.54 Å². The molecule has 1 N–H and O–H groups in total. The molecule has 1 aliphatic rings. The van der Waals surface area contributed by atoms with Gasteiger partial charge in [0.2, 0.25) is 6.79 Å². The zero-order valence-corrected chi connectivity index (χ0v) is 10.2. The second-order valence-electron chi connectivity index (χ2n) is 3.72. The summed E-state index contributed by atoms with van der Waals surface area (Å²) in [7, 11) is 1.90. The van der Waals surface area contributed by atoms with Crippen molar-refractivity contribution in [2.24, 2.45) is 0 Å². The molecule has 0 aromatic heterocycles. The highest BCUT2D eigenvalue weighted by molar-refractivity contribution is 5.51. The zero-order chi connectivity index (χ0) is 12.1. The number of fused-ring (bicyclic) bond motifs is 1. The second kappa shape index (κ2) is 5.59. The highest BCUT2D eigenvalue weighted by Gasteiger charge is 2.17. The van der Waals surface area contributed by atoms with Gasteiger partial charge in [0.25, 0.3) is 0 Å². The molecular weight excluding hydrogens is 218 g/mol. The van der Waals surface area contributed by atoms with Crippen LogP contribution in [0.15, 0.2) is 24.3 Å². The van der Waals surface area contributed by atoms with Crippen molar-refractivity contribution in [3.63, 3.8) is 0 Å². The first-order valence-corrected chi connectivity index (χ1v) is 5.66. The van der Waals surface area contributed by atoms with Gasteiger partial charge in [-0.25, -0.2) is 0 Å². The summed E-state index contributed by atoms with van der Waals surface area (Å²) in [6.07, 6.45) is 3.93. The molecule has 0 aliphatic carbocycles. The maximum Gasteiger partial charge on any atom is 0.231 e. The Morgan fingerprint density at radius 2 is 2.12 bits per heavy atom. The molecule has 1 aromatic carbocycles. The number of ether oxygens (including phenoxy) is 3. The van der Waals surface area contributed by atoms with Gasteiger partial charge in [-0.1, -0.05) is 12.2 Å². The van der Waals surface area contributed by atoms with Crippen molar-refractivity contribution < 1.29 is 14.2 Å². The zero-order valence-electron chi connectivity index (χ0n) is 10.2. The summed E-state index contributed by atoms with van der Waals surface area (Å²) in [5.41, 5.74) is 1.07. The Morgan fingerprint density at radius 3 is 2.82 bits per heavy atom. The van der Waals surface area contributed by atoms with Crippen molar-refractivity contribution in [3.05, 3.63) is 29.8 Å². The summed E-state index contributed by atoms with van der Waals surface area (Å²) in [6, 6.07) is 3.85. The molecule has 0 atom stereocenters. The SMILES string of the molecule is CC=CCOc1cc2c(cc1CNC)OCO2. The van der Waals surface area contributed by atoms with Crippen molar-refractivity contribution in [1.82, 2.24) is 5.32 Å². The van der Waals surface area contributed by atoms with E-state index in [1.807, 2.05) is 38.3 Å². The number of hydrogen-bond acceptors (Lipinski definition) is 4. The van der Waals surface area contributed by atoms with Crippen LogP contribution in [0.3, 0.4) is 0 Å². The first-order chi connectivity index (χ1) is 8.35. The predicted octanol–water partition coefficient (Wildman–Crippen LogP) is 2.09. The average molecular weight is 235 g/mol. The lowest BCUT2D eigenvalue weighted by molar-refractivity contribution is 0.174. The van der Waals surface area contributed by atoms with Gasteiger partial charge in [0.15, 0.2) is 11.5 Å². The van der Waals surface area contributed by atoms with Crippen molar-refractivity contribution in [2.45, 2.75) is 13.5 Å². The number of rotatable bonds is 5. The van der Waals surface area contributed by atoms with Crippen LogP contribution in [0.1, 0.15) is 12.5 Å². The van der Waals surface area contributed by atoms with E-state index in [0.29, 0.717) is 6.61 Å². The van der Waals surface area contributed by atoms with Crippen LogP contribution in [-0.4, -0.2) is 20.4 Å². The molecule has 92 valence electrons. The molecule has 4 nitrogen and oxygen atoms in total. The molecule has 0 unspecified atom stereocenters. The summed E-state index contributed by atoms with van der Waals surface area (Å²) in [5, 5.41) is 3.11. The minimum absolute atomic E-state index is 0.284. The normalized spacial score (nSPS) is 13.3. The lowest BCUT2D eigenvalue weighted by Crippen LogP contribution is -2.07. The largest absolute Gasteiger partial charge is 0.489 e. The molecule has 0 amide bonds. The molecule has 0 saturated carbocycles. The minimum atomic E-state index is 0.284. The third kappa shape index (κ3) is 2.71. The third-order valence-electron chi connectivity index (χ3n) is 2.49. The van der Waals surface area contributed by atoms with Crippen molar-refractivity contribution in [3.8, 4) is 17.2 Å². The molecule has 4 heteroatoms. The van der Waals surface area contributed by atoms with Gasteiger partial charge < -0.3 is 19.5 Å². The number of benzene rings is 1. The summed E-state index contributed by atoms with van der Waals surface area (Å²) >= 11 is 0. The molecule has 0 saturated heterocycles. The molecule has 17 heavy (non-hydrogen) atoms. The van der Waals surface area contributed by atoms with Gasteiger partial charge in [-0.3, -0.25) is 0 Å². The monoisotopic (exact) mass is 235 g/mol. The van der Waals surface area contributed by atoms with Gasteiger partial charge in [0.1, 0.15) is 12.4 Å². The quantitative estimate of drug-likeness (QED) is 0.793. The molecule has 1 heterocycles. The average Bonchev–Trinajstić information content (AvgIpc) is 2.77. The molecule has 0 radical (unpaired) electrons. The summed E-state index contributed by atoms with van der Waals surface area (Å²) < 4.78 is 16.4. The molecule has 0 fully saturated rings. The standard InChI is InChI=1S/C13H17NO3/c1-3-4-5-15-11-7-13-12(16-9-17-13)6-10(11)8-14-2/h3-4,6-7,14H,5,8-9H2,1-2H3. The van der Waals surface area contributed by atoms with Crippen LogP contribution in [0.4, 0.5) is 0 Å². The van der Waals surface area contributed by atoms with E-state index in [9.17, 15) is 0 Å². The van der Waals surface area contributed by atoms with E-state index < -0.39 is 0 Å². The van der Waals surface area contributed by atoms with Crippen molar-refractivity contribution in [2.75, 3.05) is 20.4 Å². The van der Waals surface area contributed by atoms with Crippen LogP contribution < -0.4 is 19.5 Å². The van der Waals surface area contributed by atoms with Gasteiger partial charge >= 0.3 is 0 Å². The van der Waals surface area contributed by atoms with Crippen molar-refractivity contribution in [1.29, 1.82) is 0 Å². The van der Waals surface area contributed by atoms with E-state index >= 15 is 0 Å². The van der Waals surface area contributed by atoms with Gasteiger partial charge in [-0.2, -0.15) is 0 Å². The van der Waals surface area contributed by atoms with E-state index in [0.717, 1.165) is 29.4 Å². The molecule has 0 bridgehead atoms. The van der Waals surface area contributed by atoms with Crippen LogP contribution >= 0.6 is 0 Å². The Bertz CT molecular complexity index is 415. The van der Waals surface area contributed by atoms with E-state index in [2.05, 4.69) is 5.32 Å². The fourth-order valence-corrected chi connectivity index (χ4v) is 1.66.